The molecule has 0 saturated carbocycles. The third-order valence-electron chi connectivity index (χ3n) is 3.26. The van der Waals surface area contributed by atoms with Crippen molar-refractivity contribution in [2.45, 2.75) is 32.7 Å². The van der Waals surface area contributed by atoms with E-state index in [9.17, 15) is 4.79 Å². The Morgan fingerprint density at radius 1 is 1.61 bits per heavy atom. The van der Waals surface area contributed by atoms with Crippen LogP contribution in [0.5, 0.6) is 0 Å². The highest BCUT2D eigenvalue weighted by Gasteiger charge is 2.16. The van der Waals surface area contributed by atoms with E-state index in [1.807, 2.05) is 6.92 Å². The van der Waals surface area contributed by atoms with Crippen molar-refractivity contribution in [3.05, 3.63) is 24.0 Å². The summed E-state index contributed by atoms with van der Waals surface area (Å²) in [5.41, 5.74) is 6.55. The number of amides is 1. The van der Waals surface area contributed by atoms with Crippen LogP contribution in [0.4, 0.5) is 5.69 Å². The Balaban J connectivity index is 1.90. The Morgan fingerprint density at radius 3 is 3.06 bits per heavy atom. The number of hydrogen-bond donors (Lipinski definition) is 2. The fraction of sp³-hybridized carbons (Fsp3) is 0.538. The minimum atomic E-state index is -0.172. The van der Waals surface area contributed by atoms with Crippen LogP contribution in [0.3, 0.4) is 0 Å². The molecule has 0 aromatic carbocycles. The number of carbonyl (C=O) groups is 1. The lowest BCUT2D eigenvalue weighted by atomic mass is 9.94. The van der Waals surface area contributed by atoms with Gasteiger partial charge in [0.2, 0.25) is 0 Å². The van der Waals surface area contributed by atoms with Gasteiger partial charge in [-0.3, -0.25) is 9.48 Å². The maximum atomic E-state index is 12.0. The summed E-state index contributed by atoms with van der Waals surface area (Å²) in [7, 11) is 0. The van der Waals surface area contributed by atoms with E-state index in [0.29, 0.717) is 30.4 Å². The van der Waals surface area contributed by atoms with Crippen LogP contribution in [0, 0.1) is 5.92 Å². The van der Waals surface area contributed by atoms with Gasteiger partial charge in [-0.1, -0.05) is 12.2 Å². The first-order valence-corrected chi connectivity index (χ1v) is 6.46. The number of carbonyl (C=O) groups excluding carboxylic acids is 1. The smallest absolute Gasteiger partial charge is 0.273 e. The largest absolute Gasteiger partial charge is 0.396 e. The van der Waals surface area contributed by atoms with Gasteiger partial charge in [0.15, 0.2) is 5.69 Å². The van der Waals surface area contributed by atoms with Crippen molar-refractivity contribution < 1.29 is 4.79 Å². The summed E-state index contributed by atoms with van der Waals surface area (Å²) in [6.07, 6.45) is 9.35. The SMILES string of the molecule is CCn1cc(N)c(C(=O)NCC2CC=CCC2)n1. The van der Waals surface area contributed by atoms with Gasteiger partial charge < -0.3 is 11.1 Å². The fourth-order valence-electron chi connectivity index (χ4n) is 2.14. The van der Waals surface area contributed by atoms with Gasteiger partial charge in [0.05, 0.1) is 5.69 Å². The number of aromatic nitrogens is 2. The quantitative estimate of drug-likeness (QED) is 0.794. The number of rotatable bonds is 4. The van der Waals surface area contributed by atoms with Crippen molar-refractivity contribution in [2.75, 3.05) is 12.3 Å². The molecule has 0 aliphatic heterocycles. The van der Waals surface area contributed by atoms with Crippen LogP contribution in [0.2, 0.25) is 0 Å². The van der Waals surface area contributed by atoms with Gasteiger partial charge in [0.1, 0.15) is 0 Å². The average molecular weight is 248 g/mol. The number of nitrogens with two attached hydrogens (primary N) is 1. The van der Waals surface area contributed by atoms with Gasteiger partial charge >= 0.3 is 0 Å². The van der Waals surface area contributed by atoms with Crippen LogP contribution >= 0.6 is 0 Å². The predicted octanol–water partition coefficient (Wildman–Crippen LogP) is 1.57. The molecule has 1 unspecified atom stereocenters. The number of anilines is 1. The van der Waals surface area contributed by atoms with Crippen molar-refractivity contribution >= 4 is 11.6 Å². The lowest BCUT2D eigenvalue weighted by Gasteiger charge is -2.17. The molecule has 0 fully saturated rings. The first-order valence-electron chi connectivity index (χ1n) is 6.46. The number of nitrogens with zero attached hydrogens (tertiary/aromatic N) is 2. The maximum Gasteiger partial charge on any atom is 0.273 e. The molecule has 1 aromatic heterocycles. The highest BCUT2D eigenvalue weighted by atomic mass is 16.2. The van der Waals surface area contributed by atoms with Crippen molar-refractivity contribution in [2.24, 2.45) is 5.92 Å². The minimum absolute atomic E-state index is 0.172. The zero-order chi connectivity index (χ0) is 13.0. The molecule has 1 aliphatic rings. The second kappa shape index (κ2) is 5.71. The Bertz CT molecular complexity index is 450. The Morgan fingerprint density at radius 2 is 2.44 bits per heavy atom. The summed E-state index contributed by atoms with van der Waals surface area (Å²) >= 11 is 0. The molecule has 1 heterocycles. The van der Waals surface area contributed by atoms with Crippen molar-refractivity contribution in [3.63, 3.8) is 0 Å². The Kier molecular flexibility index (Phi) is 4.02. The fourth-order valence-corrected chi connectivity index (χ4v) is 2.14. The molecule has 0 bridgehead atoms. The van der Waals surface area contributed by atoms with E-state index in [1.54, 1.807) is 10.9 Å². The van der Waals surface area contributed by atoms with Gasteiger partial charge in [-0.2, -0.15) is 5.10 Å². The van der Waals surface area contributed by atoms with Gasteiger partial charge in [-0.05, 0) is 32.1 Å². The molecule has 3 N–H and O–H groups in total. The Hall–Kier alpha value is -1.78. The number of nitrogen functional groups attached to an aromatic ring is 1. The van der Waals surface area contributed by atoms with Crippen LogP contribution in [0.25, 0.3) is 0 Å². The third-order valence-corrected chi connectivity index (χ3v) is 3.26. The molecular weight excluding hydrogens is 228 g/mol. The summed E-state index contributed by atoms with van der Waals surface area (Å²) in [5.74, 6) is 0.364. The number of aryl methyl sites for hydroxylation is 1. The van der Waals surface area contributed by atoms with Crippen molar-refractivity contribution in [1.29, 1.82) is 0 Å². The monoisotopic (exact) mass is 248 g/mol. The molecular formula is C13H20N4O. The van der Waals surface area contributed by atoms with E-state index in [2.05, 4.69) is 22.6 Å². The first kappa shape index (κ1) is 12.7. The van der Waals surface area contributed by atoms with Crippen LogP contribution in [-0.4, -0.2) is 22.2 Å². The summed E-state index contributed by atoms with van der Waals surface area (Å²) in [5, 5.41) is 7.08. The molecule has 1 atom stereocenters. The molecule has 1 aromatic rings. The van der Waals surface area contributed by atoms with Crippen molar-refractivity contribution in [1.82, 2.24) is 15.1 Å². The van der Waals surface area contributed by atoms with Gasteiger partial charge in [-0.25, -0.2) is 0 Å². The minimum Gasteiger partial charge on any atom is -0.396 e. The standard InChI is InChI=1S/C13H20N4O/c1-2-17-9-11(14)12(16-17)13(18)15-8-10-6-4-3-5-7-10/h3-4,9-10H,2,5-8,14H2,1H3,(H,15,18). The van der Waals surface area contributed by atoms with E-state index >= 15 is 0 Å². The summed E-state index contributed by atoms with van der Waals surface area (Å²) in [6, 6.07) is 0. The summed E-state index contributed by atoms with van der Waals surface area (Å²) in [4.78, 5) is 12.0. The maximum absolute atomic E-state index is 12.0. The molecule has 98 valence electrons. The molecule has 2 rings (SSSR count). The van der Waals surface area contributed by atoms with Gasteiger partial charge in [0.25, 0.3) is 5.91 Å². The number of nitrogens with one attached hydrogen (secondary N) is 1. The second-order valence-electron chi connectivity index (χ2n) is 4.65. The lowest BCUT2D eigenvalue weighted by Crippen LogP contribution is -2.30. The van der Waals surface area contributed by atoms with Gasteiger partial charge in [0, 0.05) is 19.3 Å². The molecule has 18 heavy (non-hydrogen) atoms. The molecule has 1 amide bonds. The Labute approximate surface area is 107 Å². The van der Waals surface area contributed by atoms with Crippen LogP contribution in [0.1, 0.15) is 36.7 Å². The van der Waals surface area contributed by atoms with Crippen molar-refractivity contribution in [3.8, 4) is 0 Å². The molecule has 5 heteroatoms. The zero-order valence-electron chi connectivity index (χ0n) is 10.7. The van der Waals surface area contributed by atoms with E-state index in [0.717, 1.165) is 19.3 Å². The van der Waals surface area contributed by atoms with E-state index in [-0.39, 0.29) is 5.91 Å². The molecule has 5 nitrogen and oxygen atoms in total. The number of hydrogen-bond acceptors (Lipinski definition) is 3. The topological polar surface area (TPSA) is 72.9 Å². The predicted molar refractivity (Wildman–Crippen MR) is 71.1 cm³/mol. The van der Waals surface area contributed by atoms with Crippen LogP contribution < -0.4 is 11.1 Å². The van der Waals surface area contributed by atoms with Crippen LogP contribution in [-0.2, 0) is 6.54 Å². The lowest BCUT2D eigenvalue weighted by molar-refractivity contribution is 0.0941. The first-order chi connectivity index (χ1) is 8.70. The van der Waals surface area contributed by atoms with Gasteiger partial charge in [-0.15, -0.1) is 0 Å². The molecule has 0 saturated heterocycles. The highest BCUT2D eigenvalue weighted by molar-refractivity contribution is 5.96. The molecule has 0 radical (unpaired) electrons. The molecule has 0 spiro atoms. The average Bonchev–Trinajstić information content (AvgIpc) is 2.78. The second-order valence-corrected chi connectivity index (χ2v) is 4.65. The van der Waals surface area contributed by atoms with Crippen LogP contribution in [0.15, 0.2) is 18.3 Å². The normalized spacial score (nSPS) is 18.8. The summed E-state index contributed by atoms with van der Waals surface area (Å²) < 4.78 is 1.67. The van der Waals surface area contributed by atoms with E-state index < -0.39 is 0 Å². The van der Waals surface area contributed by atoms with E-state index in [4.69, 9.17) is 5.73 Å². The molecule has 1 aliphatic carbocycles. The third kappa shape index (κ3) is 2.91. The zero-order valence-corrected chi connectivity index (χ0v) is 10.7. The summed E-state index contributed by atoms with van der Waals surface area (Å²) in [6.45, 7) is 3.37. The van der Waals surface area contributed by atoms with E-state index in [1.165, 1.54) is 0 Å². The number of allylic oxidation sites excluding steroid dienone is 2. The highest BCUT2D eigenvalue weighted by Crippen LogP contribution is 2.17.